The molecule has 0 aliphatic heterocycles. The molecule has 2 aromatic carbocycles. The minimum Gasteiger partial charge on any atom is -0.208 e. The smallest absolute Gasteiger partial charge is 0.208 e. The first-order valence-corrected chi connectivity index (χ1v) is 15.1. The van der Waals surface area contributed by atoms with Gasteiger partial charge in [-0.2, -0.15) is 0 Å². The molecule has 2 aliphatic carbocycles. The van der Waals surface area contributed by atoms with Crippen LogP contribution in [0.2, 0.25) is 0 Å². The van der Waals surface area contributed by atoms with Crippen molar-refractivity contribution in [3.05, 3.63) is 60.2 Å². The maximum absolute atomic E-state index is 13.1. The molecule has 0 amide bonds. The van der Waals surface area contributed by atoms with Crippen molar-refractivity contribution < 1.29 is 25.6 Å². The normalized spacial score (nSPS) is 25.9. The highest BCUT2D eigenvalue weighted by molar-refractivity contribution is 7.89. The third-order valence-corrected chi connectivity index (χ3v) is 10.3. The zero-order valence-electron chi connectivity index (χ0n) is 19.5. The van der Waals surface area contributed by atoms with Crippen molar-refractivity contribution in [3.8, 4) is 0 Å². The summed E-state index contributed by atoms with van der Waals surface area (Å²) in [6.07, 6.45) is 7.99. The molecular formula is C25H32F2N2O4S2. The second-order valence-electron chi connectivity index (χ2n) is 9.82. The topological polar surface area (TPSA) is 92.3 Å². The molecule has 0 spiro atoms. The van der Waals surface area contributed by atoms with E-state index in [2.05, 4.69) is 9.44 Å². The molecule has 192 valence electrons. The monoisotopic (exact) mass is 526 g/mol. The van der Waals surface area contributed by atoms with Crippen LogP contribution in [0.1, 0.15) is 57.8 Å². The number of nitrogens with one attached hydrogen (secondary N) is 2. The van der Waals surface area contributed by atoms with Gasteiger partial charge in [0.15, 0.2) is 0 Å². The molecular weight excluding hydrogens is 494 g/mol. The summed E-state index contributed by atoms with van der Waals surface area (Å²) in [4.78, 5) is 0.153. The standard InChI is InChI=1S/C25H32F2N2O4S2/c26-20-5-13-24(14-6-20)34(30,31)28-22-9-1-18(2-10-22)17-19-3-11-23(12-4-19)29-35(32,33)25-15-7-21(27)8-16-25/h5-8,13-16,18-19,22-23,28-29H,1-4,9-12,17H2. The number of sulfonamides is 2. The van der Waals surface area contributed by atoms with Gasteiger partial charge in [-0.1, -0.05) is 0 Å². The lowest BCUT2D eigenvalue weighted by molar-refractivity contribution is 0.218. The summed E-state index contributed by atoms with van der Waals surface area (Å²) in [7, 11) is -7.31. The Morgan fingerprint density at radius 3 is 1.20 bits per heavy atom. The first kappa shape index (κ1) is 26.2. The molecule has 10 heteroatoms. The molecule has 2 N–H and O–H groups in total. The van der Waals surface area contributed by atoms with Gasteiger partial charge in [0.1, 0.15) is 11.6 Å². The van der Waals surface area contributed by atoms with Crippen molar-refractivity contribution in [2.45, 2.75) is 79.7 Å². The van der Waals surface area contributed by atoms with Crippen molar-refractivity contribution in [2.24, 2.45) is 11.8 Å². The molecule has 2 fully saturated rings. The summed E-state index contributed by atoms with van der Waals surface area (Å²) >= 11 is 0. The molecule has 0 bridgehead atoms. The van der Waals surface area contributed by atoms with E-state index in [4.69, 9.17) is 0 Å². The summed E-state index contributed by atoms with van der Waals surface area (Å²) in [6.45, 7) is 0. The van der Waals surface area contributed by atoms with E-state index in [1.54, 1.807) is 0 Å². The molecule has 4 rings (SSSR count). The Kier molecular flexibility index (Phi) is 8.25. The quantitative estimate of drug-likeness (QED) is 0.520. The lowest BCUT2D eigenvalue weighted by atomic mass is 9.76. The van der Waals surface area contributed by atoms with Crippen LogP contribution in [0.4, 0.5) is 8.78 Å². The van der Waals surface area contributed by atoms with E-state index >= 15 is 0 Å². The molecule has 6 nitrogen and oxygen atoms in total. The Bertz CT molecular complexity index is 1090. The summed E-state index contributed by atoms with van der Waals surface area (Å²) in [5, 5.41) is 0. The second kappa shape index (κ2) is 11.0. The number of hydrogen-bond donors (Lipinski definition) is 2. The molecule has 2 aliphatic rings. The highest BCUT2D eigenvalue weighted by Crippen LogP contribution is 2.36. The molecule has 35 heavy (non-hydrogen) atoms. The van der Waals surface area contributed by atoms with E-state index in [-0.39, 0.29) is 21.9 Å². The summed E-state index contributed by atoms with van der Waals surface area (Å²) in [5.74, 6) is 0.144. The Hall–Kier alpha value is -1.88. The Morgan fingerprint density at radius 2 is 0.886 bits per heavy atom. The first-order valence-electron chi connectivity index (χ1n) is 12.2. The fourth-order valence-corrected chi connectivity index (χ4v) is 7.92. The van der Waals surface area contributed by atoms with Crippen LogP contribution in [0.5, 0.6) is 0 Å². The Morgan fingerprint density at radius 1 is 0.571 bits per heavy atom. The molecule has 0 atom stereocenters. The van der Waals surface area contributed by atoms with E-state index in [9.17, 15) is 25.6 Å². The van der Waals surface area contributed by atoms with E-state index in [1.165, 1.54) is 24.3 Å². The second-order valence-corrected chi connectivity index (χ2v) is 13.2. The lowest BCUT2D eigenvalue weighted by Gasteiger charge is -2.34. The van der Waals surface area contributed by atoms with Gasteiger partial charge in [-0.05, 0) is 118 Å². The fraction of sp³-hybridized carbons (Fsp3) is 0.520. The highest BCUT2D eigenvalue weighted by Gasteiger charge is 2.30. The van der Waals surface area contributed by atoms with E-state index in [0.717, 1.165) is 82.1 Å². The van der Waals surface area contributed by atoms with Gasteiger partial charge in [0, 0.05) is 12.1 Å². The van der Waals surface area contributed by atoms with Crippen LogP contribution in [-0.2, 0) is 20.0 Å². The molecule has 2 saturated carbocycles. The maximum atomic E-state index is 13.1. The predicted octanol–water partition coefficient (Wildman–Crippen LogP) is 4.73. The summed E-state index contributed by atoms with van der Waals surface area (Å²) < 4.78 is 81.9. The van der Waals surface area contributed by atoms with Crippen molar-refractivity contribution >= 4 is 20.0 Å². The average Bonchev–Trinajstić information content (AvgIpc) is 2.82. The zero-order chi connectivity index (χ0) is 25.1. The Balaban J connectivity index is 1.19. The summed E-state index contributed by atoms with van der Waals surface area (Å²) in [6, 6.07) is 9.47. The third kappa shape index (κ3) is 7.09. The predicted molar refractivity (Wildman–Crippen MR) is 130 cm³/mol. The van der Waals surface area contributed by atoms with Gasteiger partial charge in [0.05, 0.1) is 9.79 Å². The number of hydrogen-bond acceptors (Lipinski definition) is 4. The van der Waals surface area contributed by atoms with Crippen LogP contribution in [0.3, 0.4) is 0 Å². The molecule has 0 aromatic heterocycles. The van der Waals surface area contributed by atoms with Gasteiger partial charge in [0.2, 0.25) is 20.0 Å². The van der Waals surface area contributed by atoms with Gasteiger partial charge >= 0.3 is 0 Å². The van der Waals surface area contributed by atoms with Crippen molar-refractivity contribution in [1.82, 2.24) is 9.44 Å². The number of benzene rings is 2. The minimum atomic E-state index is -3.66. The molecule has 0 heterocycles. The maximum Gasteiger partial charge on any atom is 0.240 e. The lowest BCUT2D eigenvalue weighted by Crippen LogP contribution is -2.39. The zero-order valence-corrected chi connectivity index (χ0v) is 21.1. The van der Waals surface area contributed by atoms with Gasteiger partial charge in [-0.3, -0.25) is 0 Å². The van der Waals surface area contributed by atoms with Crippen LogP contribution in [0, 0.1) is 23.5 Å². The third-order valence-electron chi connectivity index (χ3n) is 7.25. The number of halogens is 2. The van der Waals surface area contributed by atoms with E-state index < -0.39 is 31.7 Å². The first-order chi connectivity index (χ1) is 16.6. The van der Waals surface area contributed by atoms with Crippen LogP contribution in [-0.4, -0.2) is 28.9 Å². The highest BCUT2D eigenvalue weighted by atomic mass is 32.2. The molecule has 2 aromatic rings. The van der Waals surface area contributed by atoms with Crippen LogP contribution < -0.4 is 9.44 Å². The minimum absolute atomic E-state index is 0.0767. The summed E-state index contributed by atoms with van der Waals surface area (Å²) in [5.41, 5.74) is 0. The Labute approximate surface area is 206 Å². The fourth-order valence-electron chi connectivity index (χ4n) is 5.31. The average molecular weight is 527 g/mol. The number of rotatable bonds is 8. The van der Waals surface area contributed by atoms with E-state index in [1.807, 2.05) is 0 Å². The van der Waals surface area contributed by atoms with Gasteiger partial charge in [-0.25, -0.2) is 35.1 Å². The van der Waals surface area contributed by atoms with Crippen molar-refractivity contribution in [1.29, 1.82) is 0 Å². The van der Waals surface area contributed by atoms with Crippen molar-refractivity contribution in [3.63, 3.8) is 0 Å². The van der Waals surface area contributed by atoms with Gasteiger partial charge in [-0.15, -0.1) is 0 Å². The molecule has 0 saturated heterocycles. The SMILES string of the molecule is O=S(=O)(NC1CCC(CC2CCC(NS(=O)(=O)c3ccc(F)cc3)CC2)CC1)c1ccc(F)cc1. The van der Waals surface area contributed by atoms with Crippen molar-refractivity contribution in [2.75, 3.05) is 0 Å². The molecule has 0 unspecified atom stereocenters. The molecule has 0 radical (unpaired) electrons. The largest absolute Gasteiger partial charge is 0.240 e. The van der Waals surface area contributed by atoms with Gasteiger partial charge in [0.25, 0.3) is 0 Å². The van der Waals surface area contributed by atoms with E-state index in [0.29, 0.717) is 11.8 Å². The van der Waals surface area contributed by atoms with Crippen LogP contribution in [0.15, 0.2) is 58.3 Å². The van der Waals surface area contributed by atoms with Gasteiger partial charge < -0.3 is 0 Å². The van der Waals surface area contributed by atoms with Crippen LogP contribution in [0.25, 0.3) is 0 Å². The van der Waals surface area contributed by atoms with Crippen LogP contribution >= 0.6 is 0 Å².